The average molecular weight is 415 g/mol. The zero-order chi connectivity index (χ0) is 21.8. The van der Waals surface area contributed by atoms with Crippen LogP contribution in [0.3, 0.4) is 0 Å². The first-order chi connectivity index (χ1) is 15.2. The molecule has 6 nitrogen and oxygen atoms in total. The van der Waals surface area contributed by atoms with E-state index in [0.29, 0.717) is 11.5 Å². The molecule has 2 fully saturated rings. The molecule has 1 spiro atoms. The van der Waals surface area contributed by atoms with Crippen LogP contribution in [0.2, 0.25) is 0 Å². The standard InChI is InChI=1S/C25H26N4O2/c26-13-20(14-27)24-22(15-28)23(25(31-24)10-2-1-3-11-25)19-6-8-21(9-7-19)29-12-4-5-18(16-29)17-30/h6-9,18,30H,1-5,10-12,16-17H2. The van der Waals surface area contributed by atoms with Crippen molar-refractivity contribution in [1.29, 1.82) is 15.8 Å². The van der Waals surface area contributed by atoms with Crippen LogP contribution in [0.15, 0.2) is 41.2 Å². The number of benzene rings is 1. The third kappa shape index (κ3) is 3.78. The molecule has 0 aromatic heterocycles. The van der Waals surface area contributed by atoms with E-state index in [0.717, 1.165) is 74.9 Å². The third-order valence-corrected chi connectivity index (χ3v) is 6.75. The first-order valence-corrected chi connectivity index (χ1v) is 11.0. The molecular formula is C25H26N4O2. The van der Waals surface area contributed by atoms with Gasteiger partial charge in [0.05, 0.1) is 0 Å². The van der Waals surface area contributed by atoms with E-state index in [2.05, 4.69) is 23.1 Å². The number of piperidine rings is 1. The molecule has 0 amide bonds. The Morgan fingerprint density at radius 2 is 1.77 bits per heavy atom. The largest absolute Gasteiger partial charge is 0.479 e. The molecule has 0 radical (unpaired) electrons. The summed E-state index contributed by atoms with van der Waals surface area (Å²) in [6.45, 7) is 2.02. The molecule has 1 saturated carbocycles. The van der Waals surface area contributed by atoms with E-state index in [4.69, 9.17) is 4.74 Å². The van der Waals surface area contributed by atoms with Crippen LogP contribution in [-0.4, -0.2) is 30.4 Å². The van der Waals surface area contributed by atoms with Crippen molar-refractivity contribution in [1.82, 2.24) is 0 Å². The van der Waals surface area contributed by atoms with Gasteiger partial charge in [-0.1, -0.05) is 18.6 Å². The molecule has 3 aliphatic rings. The van der Waals surface area contributed by atoms with Gasteiger partial charge in [-0.05, 0) is 62.1 Å². The Morgan fingerprint density at radius 1 is 1.06 bits per heavy atom. The van der Waals surface area contributed by atoms with Gasteiger partial charge in [-0.15, -0.1) is 0 Å². The summed E-state index contributed by atoms with van der Waals surface area (Å²) in [6.07, 6.45) is 6.74. The molecule has 1 unspecified atom stereocenters. The van der Waals surface area contributed by atoms with Crippen molar-refractivity contribution < 1.29 is 9.84 Å². The Morgan fingerprint density at radius 3 is 2.39 bits per heavy atom. The average Bonchev–Trinajstić information content (AvgIpc) is 3.13. The van der Waals surface area contributed by atoms with Gasteiger partial charge in [-0.3, -0.25) is 0 Å². The summed E-state index contributed by atoms with van der Waals surface area (Å²) >= 11 is 0. The lowest BCUT2D eigenvalue weighted by atomic mass is 9.76. The van der Waals surface area contributed by atoms with Crippen LogP contribution in [0.1, 0.15) is 50.5 Å². The summed E-state index contributed by atoms with van der Waals surface area (Å²) in [5.74, 6) is 0.438. The highest BCUT2D eigenvalue weighted by atomic mass is 16.5. The van der Waals surface area contributed by atoms with E-state index < -0.39 is 5.60 Å². The first kappa shape index (κ1) is 21.0. The highest BCUT2D eigenvalue weighted by Gasteiger charge is 2.48. The second-order valence-electron chi connectivity index (χ2n) is 8.63. The topological polar surface area (TPSA) is 104 Å². The van der Waals surface area contributed by atoms with E-state index in [1.807, 2.05) is 24.3 Å². The van der Waals surface area contributed by atoms with Crippen molar-refractivity contribution in [3.05, 3.63) is 46.7 Å². The number of hydrogen-bond acceptors (Lipinski definition) is 6. The minimum atomic E-state index is -0.647. The molecule has 1 aliphatic carbocycles. The lowest BCUT2D eigenvalue weighted by Crippen LogP contribution is -2.36. The van der Waals surface area contributed by atoms with Crippen LogP contribution in [-0.2, 0) is 4.74 Å². The fraction of sp³-hybridized carbons (Fsp3) is 0.480. The fourth-order valence-electron chi connectivity index (χ4n) is 5.22. The fourth-order valence-corrected chi connectivity index (χ4v) is 5.22. The number of nitriles is 3. The zero-order valence-corrected chi connectivity index (χ0v) is 17.6. The van der Waals surface area contributed by atoms with Gasteiger partial charge in [-0.2, -0.15) is 15.8 Å². The number of hydrogen-bond donors (Lipinski definition) is 1. The highest BCUT2D eigenvalue weighted by molar-refractivity contribution is 5.85. The molecule has 1 N–H and O–H groups in total. The Labute approximate surface area is 183 Å². The summed E-state index contributed by atoms with van der Waals surface area (Å²) in [6, 6.07) is 14.2. The minimum Gasteiger partial charge on any atom is -0.479 e. The number of nitrogens with zero attached hydrogens (tertiary/aromatic N) is 4. The molecule has 0 bridgehead atoms. The molecule has 1 aromatic rings. The van der Waals surface area contributed by atoms with E-state index >= 15 is 0 Å². The maximum atomic E-state index is 9.96. The Balaban J connectivity index is 1.75. The van der Waals surface area contributed by atoms with Gasteiger partial charge in [0.25, 0.3) is 0 Å². The maximum absolute atomic E-state index is 9.96. The number of ether oxygens (including phenoxy) is 1. The van der Waals surface area contributed by atoms with Crippen LogP contribution in [0.5, 0.6) is 0 Å². The van der Waals surface area contributed by atoms with Crippen LogP contribution in [0.4, 0.5) is 5.69 Å². The maximum Gasteiger partial charge on any atom is 0.172 e. The third-order valence-electron chi connectivity index (χ3n) is 6.75. The number of anilines is 1. The Hall–Kier alpha value is -3.27. The molecular weight excluding hydrogens is 388 g/mol. The normalized spacial score (nSPS) is 22.5. The minimum absolute atomic E-state index is 0.135. The van der Waals surface area contributed by atoms with Gasteiger partial charge < -0.3 is 14.7 Å². The monoisotopic (exact) mass is 414 g/mol. The molecule has 2 aliphatic heterocycles. The highest BCUT2D eigenvalue weighted by Crippen LogP contribution is 2.52. The predicted molar refractivity (Wildman–Crippen MR) is 116 cm³/mol. The molecule has 6 heteroatoms. The SMILES string of the molecule is N#CC(C#N)=C1OC2(CCCCC2)C(c2ccc(N3CCCC(CO)C3)cc2)=C1C#N. The second-order valence-corrected chi connectivity index (χ2v) is 8.63. The van der Waals surface area contributed by atoms with Crippen molar-refractivity contribution >= 4 is 11.3 Å². The van der Waals surface area contributed by atoms with Crippen LogP contribution in [0.25, 0.3) is 5.57 Å². The Kier molecular flexibility index (Phi) is 5.99. The van der Waals surface area contributed by atoms with Gasteiger partial charge >= 0.3 is 0 Å². The quantitative estimate of drug-likeness (QED) is 0.743. The lowest BCUT2D eigenvalue weighted by molar-refractivity contribution is 0.0394. The van der Waals surface area contributed by atoms with Gasteiger partial charge in [0.15, 0.2) is 11.3 Å². The molecule has 158 valence electrons. The van der Waals surface area contributed by atoms with Crippen LogP contribution < -0.4 is 4.90 Å². The molecule has 31 heavy (non-hydrogen) atoms. The van der Waals surface area contributed by atoms with E-state index in [9.17, 15) is 20.9 Å². The van der Waals surface area contributed by atoms with Gasteiger partial charge in [-0.25, -0.2) is 0 Å². The Bertz CT molecular complexity index is 1010. The van der Waals surface area contributed by atoms with Gasteiger partial charge in [0, 0.05) is 31.0 Å². The van der Waals surface area contributed by atoms with Crippen LogP contribution >= 0.6 is 0 Å². The van der Waals surface area contributed by atoms with Crippen molar-refractivity contribution in [2.75, 3.05) is 24.6 Å². The van der Waals surface area contributed by atoms with Crippen molar-refractivity contribution in [3.63, 3.8) is 0 Å². The summed E-state index contributed by atoms with van der Waals surface area (Å²) in [5, 5.41) is 38.3. The number of aliphatic hydroxyl groups excluding tert-OH is 1. The van der Waals surface area contributed by atoms with E-state index in [1.54, 1.807) is 0 Å². The number of rotatable bonds is 3. The number of allylic oxidation sites excluding steroid dienone is 2. The smallest absolute Gasteiger partial charge is 0.172 e. The molecule has 1 saturated heterocycles. The second kappa shape index (κ2) is 8.84. The van der Waals surface area contributed by atoms with Crippen molar-refractivity contribution in [2.24, 2.45) is 5.92 Å². The molecule has 1 atom stereocenters. The van der Waals surface area contributed by atoms with Crippen molar-refractivity contribution in [3.8, 4) is 18.2 Å². The summed E-state index contributed by atoms with van der Waals surface area (Å²) < 4.78 is 6.28. The van der Waals surface area contributed by atoms with Crippen molar-refractivity contribution in [2.45, 2.75) is 50.5 Å². The molecule has 1 aromatic carbocycles. The number of aliphatic hydroxyl groups is 1. The molecule has 2 heterocycles. The predicted octanol–water partition coefficient (Wildman–Crippen LogP) is 4.21. The zero-order valence-electron chi connectivity index (χ0n) is 17.6. The first-order valence-electron chi connectivity index (χ1n) is 11.0. The van der Waals surface area contributed by atoms with Gasteiger partial charge in [0.2, 0.25) is 0 Å². The summed E-state index contributed by atoms with van der Waals surface area (Å²) in [5.41, 5.74) is 2.34. The van der Waals surface area contributed by atoms with Crippen LogP contribution in [0, 0.1) is 39.9 Å². The van der Waals surface area contributed by atoms with E-state index in [1.165, 1.54) is 0 Å². The summed E-state index contributed by atoms with van der Waals surface area (Å²) in [4.78, 5) is 2.30. The van der Waals surface area contributed by atoms with E-state index in [-0.39, 0.29) is 17.9 Å². The lowest BCUT2D eigenvalue weighted by Gasteiger charge is -2.36. The summed E-state index contributed by atoms with van der Waals surface area (Å²) in [7, 11) is 0. The van der Waals surface area contributed by atoms with Gasteiger partial charge in [0.1, 0.15) is 29.4 Å². The molecule has 4 rings (SSSR count).